The van der Waals surface area contributed by atoms with E-state index in [0.717, 1.165) is 9.13 Å². The molecule has 88 valence electrons. The summed E-state index contributed by atoms with van der Waals surface area (Å²) >= 11 is 2.23. The summed E-state index contributed by atoms with van der Waals surface area (Å²) in [5.74, 6) is -0.251. The number of carbonyl (C=O) groups excluding carboxylic acids is 1. The van der Waals surface area contributed by atoms with E-state index in [9.17, 15) is 4.79 Å². The number of hydrogen-bond acceptors (Lipinski definition) is 3. The van der Waals surface area contributed by atoms with Crippen molar-refractivity contribution < 1.29 is 9.53 Å². The summed E-state index contributed by atoms with van der Waals surface area (Å²) in [7, 11) is 1.76. The number of likely N-dealkylation sites (N-methyl/N-ethyl adjacent to an activating group) is 1. The van der Waals surface area contributed by atoms with E-state index in [2.05, 4.69) is 27.9 Å². The maximum Gasteiger partial charge on any atom is 0.330 e. The molecule has 1 aromatic rings. The van der Waals surface area contributed by atoms with Crippen LogP contribution in [0, 0.1) is 3.57 Å². The predicted molar refractivity (Wildman–Crippen MR) is 72.2 cm³/mol. The van der Waals surface area contributed by atoms with Crippen molar-refractivity contribution >= 4 is 28.6 Å². The summed E-state index contributed by atoms with van der Waals surface area (Å²) in [6.45, 7) is 4.02. The summed E-state index contributed by atoms with van der Waals surface area (Å²) in [6.07, 6.45) is 0. The average Bonchev–Trinajstić information content (AvgIpc) is 2.29. The largest absolute Gasteiger partial charge is 0.464 e. The van der Waals surface area contributed by atoms with E-state index >= 15 is 0 Å². The molecule has 0 bridgehead atoms. The fraction of sp³-hybridized carbons (Fsp3) is 0.417. The van der Waals surface area contributed by atoms with Crippen molar-refractivity contribution in [2.45, 2.75) is 19.4 Å². The van der Waals surface area contributed by atoms with Gasteiger partial charge in [0.1, 0.15) is 5.54 Å². The zero-order valence-corrected chi connectivity index (χ0v) is 11.9. The lowest BCUT2D eigenvalue weighted by atomic mass is 9.92. The molecule has 0 radical (unpaired) electrons. The van der Waals surface area contributed by atoms with Crippen LogP contribution in [0.3, 0.4) is 0 Å². The van der Waals surface area contributed by atoms with Gasteiger partial charge in [-0.25, -0.2) is 4.79 Å². The Morgan fingerprint density at radius 3 is 2.44 bits per heavy atom. The highest BCUT2D eigenvalue weighted by atomic mass is 127. The molecule has 0 amide bonds. The summed E-state index contributed by atoms with van der Waals surface area (Å²) in [4.78, 5) is 11.9. The number of rotatable bonds is 4. The fourth-order valence-corrected chi connectivity index (χ4v) is 1.78. The monoisotopic (exact) mass is 333 g/mol. The minimum atomic E-state index is -0.777. The SMILES string of the molecule is CCOC(=O)C(C)(NC)c1ccc(I)cc1. The van der Waals surface area contributed by atoms with E-state index in [-0.39, 0.29) is 5.97 Å². The van der Waals surface area contributed by atoms with Gasteiger partial charge in [-0.2, -0.15) is 0 Å². The van der Waals surface area contributed by atoms with Crippen LogP contribution in [0.1, 0.15) is 19.4 Å². The molecular formula is C12H16INO2. The number of carbonyl (C=O) groups is 1. The Morgan fingerprint density at radius 2 is 2.00 bits per heavy atom. The van der Waals surface area contributed by atoms with Gasteiger partial charge in [-0.05, 0) is 61.2 Å². The van der Waals surface area contributed by atoms with Gasteiger partial charge in [0.25, 0.3) is 0 Å². The molecule has 4 heteroatoms. The van der Waals surface area contributed by atoms with Crippen LogP contribution in [0.2, 0.25) is 0 Å². The first-order valence-electron chi connectivity index (χ1n) is 5.16. The van der Waals surface area contributed by atoms with E-state index in [1.165, 1.54) is 0 Å². The number of ether oxygens (including phenoxy) is 1. The van der Waals surface area contributed by atoms with E-state index in [4.69, 9.17) is 4.74 Å². The molecule has 3 nitrogen and oxygen atoms in total. The zero-order chi connectivity index (χ0) is 12.2. The van der Waals surface area contributed by atoms with E-state index in [1.807, 2.05) is 38.1 Å². The summed E-state index contributed by atoms with van der Waals surface area (Å²) in [6, 6.07) is 7.83. The highest BCUT2D eigenvalue weighted by Crippen LogP contribution is 2.22. The Kier molecular flexibility index (Phi) is 4.73. The molecule has 0 aliphatic heterocycles. The van der Waals surface area contributed by atoms with E-state index in [1.54, 1.807) is 7.05 Å². The summed E-state index contributed by atoms with van der Waals surface area (Å²) < 4.78 is 6.22. The first-order chi connectivity index (χ1) is 7.54. The van der Waals surface area contributed by atoms with Crippen molar-refractivity contribution in [2.75, 3.05) is 13.7 Å². The Balaban J connectivity index is 3.04. The lowest BCUT2D eigenvalue weighted by Gasteiger charge is -2.27. The van der Waals surface area contributed by atoms with Gasteiger partial charge in [0.15, 0.2) is 0 Å². The highest BCUT2D eigenvalue weighted by Gasteiger charge is 2.34. The first kappa shape index (κ1) is 13.4. The first-order valence-corrected chi connectivity index (χ1v) is 6.24. The average molecular weight is 333 g/mol. The lowest BCUT2D eigenvalue weighted by molar-refractivity contribution is -0.150. The second-order valence-electron chi connectivity index (χ2n) is 3.60. The molecule has 0 aliphatic rings. The topological polar surface area (TPSA) is 38.3 Å². The van der Waals surface area contributed by atoms with Gasteiger partial charge >= 0.3 is 5.97 Å². The van der Waals surface area contributed by atoms with Gasteiger partial charge in [0, 0.05) is 3.57 Å². The fourth-order valence-electron chi connectivity index (χ4n) is 1.42. The third-order valence-electron chi connectivity index (χ3n) is 2.61. The van der Waals surface area contributed by atoms with Crippen LogP contribution in [0.4, 0.5) is 0 Å². The number of benzene rings is 1. The molecule has 1 N–H and O–H groups in total. The third-order valence-corrected chi connectivity index (χ3v) is 3.32. The van der Waals surface area contributed by atoms with Crippen LogP contribution in [-0.2, 0) is 15.1 Å². The molecule has 0 saturated heterocycles. The van der Waals surface area contributed by atoms with Crippen LogP contribution < -0.4 is 5.32 Å². The zero-order valence-electron chi connectivity index (χ0n) is 9.71. The third kappa shape index (κ3) is 2.74. The van der Waals surface area contributed by atoms with Crippen molar-refractivity contribution in [3.8, 4) is 0 Å². The highest BCUT2D eigenvalue weighted by molar-refractivity contribution is 14.1. The summed E-state index contributed by atoms with van der Waals surface area (Å²) in [5, 5.41) is 3.02. The van der Waals surface area contributed by atoms with Crippen molar-refractivity contribution in [1.29, 1.82) is 0 Å². The Hall–Kier alpha value is -0.620. The molecule has 16 heavy (non-hydrogen) atoms. The molecule has 1 atom stereocenters. The van der Waals surface area contributed by atoms with Gasteiger partial charge in [-0.3, -0.25) is 0 Å². The van der Waals surface area contributed by atoms with Crippen molar-refractivity contribution in [3.05, 3.63) is 33.4 Å². The van der Waals surface area contributed by atoms with Gasteiger partial charge in [0.05, 0.1) is 6.61 Å². The number of halogens is 1. The molecule has 0 heterocycles. The maximum absolute atomic E-state index is 11.9. The minimum Gasteiger partial charge on any atom is -0.464 e. The van der Waals surface area contributed by atoms with Crippen molar-refractivity contribution in [3.63, 3.8) is 0 Å². The molecule has 1 unspecified atom stereocenters. The van der Waals surface area contributed by atoms with Gasteiger partial charge < -0.3 is 10.1 Å². The van der Waals surface area contributed by atoms with Gasteiger partial charge in [0.2, 0.25) is 0 Å². The maximum atomic E-state index is 11.9. The smallest absolute Gasteiger partial charge is 0.330 e. The molecular weight excluding hydrogens is 317 g/mol. The molecule has 0 aliphatic carbocycles. The van der Waals surface area contributed by atoms with Crippen LogP contribution in [0.15, 0.2) is 24.3 Å². The Morgan fingerprint density at radius 1 is 1.44 bits per heavy atom. The minimum absolute atomic E-state index is 0.251. The standard InChI is InChI=1S/C12H16INO2/c1-4-16-11(15)12(2,14-3)9-5-7-10(13)8-6-9/h5-8,14H,4H2,1-3H3. The van der Waals surface area contributed by atoms with E-state index < -0.39 is 5.54 Å². The normalized spacial score (nSPS) is 14.2. The second-order valence-corrected chi connectivity index (χ2v) is 4.85. The number of nitrogens with one attached hydrogen (secondary N) is 1. The van der Waals surface area contributed by atoms with Crippen LogP contribution >= 0.6 is 22.6 Å². The molecule has 0 aromatic heterocycles. The lowest BCUT2D eigenvalue weighted by Crippen LogP contribution is -2.45. The predicted octanol–water partition coefficient (Wildman–Crippen LogP) is 2.29. The molecule has 0 spiro atoms. The number of esters is 1. The second kappa shape index (κ2) is 5.63. The van der Waals surface area contributed by atoms with Crippen LogP contribution in [0.25, 0.3) is 0 Å². The van der Waals surface area contributed by atoms with Crippen molar-refractivity contribution in [2.24, 2.45) is 0 Å². The molecule has 1 rings (SSSR count). The van der Waals surface area contributed by atoms with E-state index in [0.29, 0.717) is 6.61 Å². The number of hydrogen-bond donors (Lipinski definition) is 1. The van der Waals surface area contributed by atoms with Gasteiger partial charge in [-0.1, -0.05) is 12.1 Å². The van der Waals surface area contributed by atoms with Crippen LogP contribution in [-0.4, -0.2) is 19.6 Å². The van der Waals surface area contributed by atoms with Crippen molar-refractivity contribution in [1.82, 2.24) is 5.32 Å². The Bertz CT molecular complexity index is 364. The molecule has 0 saturated carbocycles. The molecule has 1 aromatic carbocycles. The summed E-state index contributed by atoms with van der Waals surface area (Å²) in [5.41, 5.74) is 0.134. The molecule has 0 fully saturated rings. The van der Waals surface area contributed by atoms with Gasteiger partial charge in [-0.15, -0.1) is 0 Å². The van der Waals surface area contributed by atoms with Crippen LogP contribution in [0.5, 0.6) is 0 Å². The quantitative estimate of drug-likeness (QED) is 0.679. The Labute approximate surface area is 110 Å².